The third-order valence-corrected chi connectivity index (χ3v) is 5.56. The van der Waals surface area contributed by atoms with E-state index in [1.165, 1.54) is 17.0 Å². The van der Waals surface area contributed by atoms with Crippen LogP contribution in [0.5, 0.6) is 5.75 Å². The number of benzene rings is 2. The molecule has 33 heavy (non-hydrogen) atoms. The Morgan fingerprint density at radius 3 is 2.52 bits per heavy atom. The van der Waals surface area contributed by atoms with Gasteiger partial charge in [-0.3, -0.25) is 9.69 Å². The number of carbonyl (C=O) groups is 1. The monoisotopic (exact) mass is 441 g/mol. The van der Waals surface area contributed by atoms with Crippen molar-refractivity contribution in [3.05, 3.63) is 67.5 Å². The van der Waals surface area contributed by atoms with Crippen LogP contribution >= 0.6 is 0 Å². The molecule has 9 heteroatoms. The quantitative estimate of drug-likeness (QED) is 0.443. The Morgan fingerprint density at radius 2 is 1.85 bits per heavy atom. The minimum Gasteiger partial charge on any atom is -0.488 e. The van der Waals surface area contributed by atoms with Crippen LogP contribution in [0.3, 0.4) is 0 Å². The van der Waals surface area contributed by atoms with E-state index in [2.05, 4.69) is 39.0 Å². The zero-order valence-corrected chi connectivity index (χ0v) is 18.1. The van der Waals surface area contributed by atoms with Crippen molar-refractivity contribution in [3.8, 4) is 28.1 Å². The van der Waals surface area contributed by atoms with Crippen LogP contribution in [0.25, 0.3) is 27.9 Å². The molecule has 0 saturated carbocycles. The molecule has 1 amide bonds. The highest BCUT2D eigenvalue weighted by Crippen LogP contribution is 2.37. The zero-order chi connectivity index (χ0) is 22.9. The summed E-state index contributed by atoms with van der Waals surface area (Å²) >= 11 is 0. The fraction of sp³-hybridized carbons (Fsp3) is 0.167. The summed E-state index contributed by atoms with van der Waals surface area (Å²) in [7, 11) is 2.07. The van der Waals surface area contributed by atoms with E-state index in [1.54, 1.807) is 0 Å². The molecule has 0 aliphatic carbocycles. The van der Waals surface area contributed by atoms with E-state index in [1.807, 2.05) is 48.5 Å². The van der Waals surface area contributed by atoms with Gasteiger partial charge in [-0.25, -0.2) is 4.98 Å². The molecule has 3 heterocycles. The first-order chi connectivity index (χ1) is 16.0. The maximum atomic E-state index is 11.6. The molecular weight excluding hydrogens is 418 g/mol. The third kappa shape index (κ3) is 4.01. The number of likely N-dealkylation sites (tertiary alicyclic amines) is 1. The standard InChI is InChI=1S/C24H23N7O2/c1-3-20(32)28-17-8-4-16(5-9-17)22-21(23-24(25)26-14-27-31(23)29-22)15-6-10-18(11-7-15)33-19-12-30(2)13-19/h3-11,14,19H,1,12-13H2,2H3,(H,28,32)(H2,25,26,27). The predicted molar refractivity (Wildman–Crippen MR) is 127 cm³/mol. The minimum absolute atomic E-state index is 0.220. The summed E-state index contributed by atoms with van der Waals surface area (Å²) in [6, 6.07) is 15.3. The van der Waals surface area contributed by atoms with Crippen molar-refractivity contribution in [3.63, 3.8) is 0 Å². The van der Waals surface area contributed by atoms with Crippen LogP contribution in [0.15, 0.2) is 67.5 Å². The van der Waals surface area contributed by atoms with E-state index in [0.717, 1.165) is 35.5 Å². The summed E-state index contributed by atoms with van der Waals surface area (Å²) < 4.78 is 7.51. The van der Waals surface area contributed by atoms with Gasteiger partial charge >= 0.3 is 0 Å². The molecule has 166 valence electrons. The van der Waals surface area contributed by atoms with Gasteiger partial charge in [0, 0.05) is 29.9 Å². The van der Waals surface area contributed by atoms with E-state index >= 15 is 0 Å². The summed E-state index contributed by atoms with van der Waals surface area (Å²) in [5.74, 6) is 0.892. The van der Waals surface area contributed by atoms with Crippen molar-refractivity contribution >= 4 is 22.9 Å². The lowest BCUT2D eigenvalue weighted by molar-refractivity contribution is -0.111. The number of ether oxygens (including phenoxy) is 1. The first-order valence-corrected chi connectivity index (χ1v) is 10.5. The average Bonchev–Trinajstić information content (AvgIpc) is 3.20. The molecule has 1 aliphatic heterocycles. The normalized spacial score (nSPS) is 14.1. The Hall–Kier alpha value is -4.24. The number of hydrogen-bond acceptors (Lipinski definition) is 7. The third-order valence-electron chi connectivity index (χ3n) is 5.56. The van der Waals surface area contributed by atoms with Crippen molar-refractivity contribution in [1.29, 1.82) is 0 Å². The topological polar surface area (TPSA) is 111 Å². The van der Waals surface area contributed by atoms with Crippen molar-refractivity contribution in [2.75, 3.05) is 31.2 Å². The number of fused-ring (bicyclic) bond motifs is 1. The number of nitrogens with zero attached hydrogens (tertiary/aromatic N) is 5. The maximum absolute atomic E-state index is 11.6. The van der Waals surface area contributed by atoms with Gasteiger partial charge in [0.2, 0.25) is 5.91 Å². The summed E-state index contributed by atoms with van der Waals surface area (Å²) in [4.78, 5) is 17.9. The number of rotatable bonds is 6. The summed E-state index contributed by atoms with van der Waals surface area (Å²) in [5.41, 5.74) is 10.8. The molecular formula is C24H23N7O2. The number of aromatic nitrogens is 4. The molecule has 1 saturated heterocycles. The van der Waals surface area contributed by atoms with Crippen LogP contribution in [0, 0.1) is 0 Å². The second-order valence-corrected chi connectivity index (χ2v) is 7.96. The fourth-order valence-electron chi connectivity index (χ4n) is 3.91. The fourth-order valence-corrected chi connectivity index (χ4v) is 3.91. The smallest absolute Gasteiger partial charge is 0.247 e. The van der Waals surface area contributed by atoms with Gasteiger partial charge in [-0.2, -0.15) is 0 Å². The van der Waals surface area contributed by atoms with Gasteiger partial charge in [0.05, 0.1) is 0 Å². The Labute approximate surface area is 190 Å². The molecule has 5 rings (SSSR count). The zero-order valence-electron chi connectivity index (χ0n) is 18.1. The Balaban J connectivity index is 1.53. The molecule has 2 aromatic carbocycles. The van der Waals surface area contributed by atoms with Crippen molar-refractivity contribution in [1.82, 2.24) is 24.7 Å². The van der Waals surface area contributed by atoms with E-state index in [-0.39, 0.29) is 12.0 Å². The van der Waals surface area contributed by atoms with Gasteiger partial charge in [0.25, 0.3) is 0 Å². The van der Waals surface area contributed by atoms with E-state index in [0.29, 0.717) is 22.7 Å². The number of nitrogen functional groups attached to an aromatic ring is 1. The molecule has 0 atom stereocenters. The number of amides is 1. The van der Waals surface area contributed by atoms with Gasteiger partial charge in [-0.15, -0.1) is 14.8 Å². The number of nitrogens with one attached hydrogen (secondary N) is 1. The second-order valence-electron chi connectivity index (χ2n) is 7.96. The largest absolute Gasteiger partial charge is 0.488 e. The molecule has 0 spiro atoms. The Bertz CT molecular complexity index is 1320. The van der Waals surface area contributed by atoms with Gasteiger partial charge in [0.1, 0.15) is 29.4 Å². The highest BCUT2D eigenvalue weighted by molar-refractivity contribution is 5.99. The van der Waals surface area contributed by atoms with Crippen LogP contribution in [0.1, 0.15) is 0 Å². The van der Waals surface area contributed by atoms with Crippen molar-refractivity contribution in [2.45, 2.75) is 6.10 Å². The molecule has 0 radical (unpaired) electrons. The Morgan fingerprint density at radius 1 is 1.15 bits per heavy atom. The number of carbonyl (C=O) groups excluding carboxylic acids is 1. The van der Waals surface area contributed by atoms with E-state index in [4.69, 9.17) is 10.5 Å². The average molecular weight is 441 g/mol. The van der Waals surface area contributed by atoms with Gasteiger partial charge in [0.15, 0.2) is 5.82 Å². The number of anilines is 2. The molecule has 1 aliphatic rings. The molecule has 0 unspecified atom stereocenters. The lowest BCUT2D eigenvalue weighted by Crippen LogP contribution is -2.51. The van der Waals surface area contributed by atoms with Crippen LogP contribution in [0.4, 0.5) is 11.5 Å². The van der Waals surface area contributed by atoms with Crippen LogP contribution in [-0.4, -0.2) is 56.9 Å². The second kappa shape index (κ2) is 8.36. The summed E-state index contributed by atoms with van der Waals surface area (Å²) in [5, 5.41) is 11.7. The summed E-state index contributed by atoms with van der Waals surface area (Å²) in [6.45, 7) is 5.33. The number of hydrogen-bond donors (Lipinski definition) is 2. The van der Waals surface area contributed by atoms with Gasteiger partial charge in [-0.1, -0.05) is 30.8 Å². The minimum atomic E-state index is -0.268. The molecule has 2 aromatic heterocycles. The van der Waals surface area contributed by atoms with E-state index < -0.39 is 0 Å². The number of nitrogens with two attached hydrogens (primary N) is 1. The summed E-state index contributed by atoms with van der Waals surface area (Å²) in [6.07, 6.45) is 2.83. The van der Waals surface area contributed by atoms with Crippen molar-refractivity contribution in [2.24, 2.45) is 0 Å². The Kier molecular flexibility index (Phi) is 5.23. The van der Waals surface area contributed by atoms with Crippen molar-refractivity contribution < 1.29 is 9.53 Å². The van der Waals surface area contributed by atoms with Crippen LogP contribution < -0.4 is 15.8 Å². The lowest BCUT2D eigenvalue weighted by Gasteiger charge is -2.36. The molecule has 9 nitrogen and oxygen atoms in total. The first kappa shape index (κ1) is 20.7. The van der Waals surface area contributed by atoms with Crippen LogP contribution in [0.2, 0.25) is 0 Å². The lowest BCUT2D eigenvalue weighted by atomic mass is 9.99. The highest BCUT2D eigenvalue weighted by atomic mass is 16.5. The number of likely N-dealkylation sites (N-methyl/N-ethyl adjacent to an activating group) is 1. The van der Waals surface area contributed by atoms with Crippen LogP contribution in [-0.2, 0) is 4.79 Å². The molecule has 3 N–H and O–H groups in total. The maximum Gasteiger partial charge on any atom is 0.247 e. The van der Waals surface area contributed by atoms with E-state index in [9.17, 15) is 4.79 Å². The van der Waals surface area contributed by atoms with Gasteiger partial charge in [-0.05, 0) is 43.0 Å². The molecule has 0 bridgehead atoms. The van der Waals surface area contributed by atoms with Gasteiger partial charge < -0.3 is 15.8 Å². The highest BCUT2D eigenvalue weighted by Gasteiger charge is 2.25. The SMILES string of the molecule is C=CC(=O)Nc1ccc(-c2nn3ncnc(N)c3c2-c2ccc(OC3CN(C)C3)cc2)cc1. The first-order valence-electron chi connectivity index (χ1n) is 10.5. The molecule has 4 aromatic rings. The molecule has 1 fully saturated rings. The predicted octanol–water partition coefficient (Wildman–Crippen LogP) is 2.86.